The van der Waals surface area contributed by atoms with Gasteiger partial charge in [-0.3, -0.25) is 9.59 Å². The lowest BCUT2D eigenvalue weighted by atomic mass is 9.91. The van der Waals surface area contributed by atoms with Gasteiger partial charge in [0.1, 0.15) is 6.04 Å². The van der Waals surface area contributed by atoms with E-state index in [0.717, 1.165) is 23.1 Å². The SMILES string of the molecule is CCCN1C(=O)Cc2ccccc2C1C(=O)NCc1ccc(Cl)cc1. The minimum atomic E-state index is -0.565. The van der Waals surface area contributed by atoms with Crippen molar-refractivity contribution in [1.82, 2.24) is 10.2 Å². The predicted molar refractivity (Wildman–Crippen MR) is 98.2 cm³/mol. The van der Waals surface area contributed by atoms with Gasteiger partial charge in [-0.15, -0.1) is 0 Å². The quantitative estimate of drug-likeness (QED) is 0.891. The smallest absolute Gasteiger partial charge is 0.247 e. The lowest BCUT2D eigenvalue weighted by Crippen LogP contribution is -2.47. The number of rotatable bonds is 5. The van der Waals surface area contributed by atoms with Gasteiger partial charge in [-0.25, -0.2) is 0 Å². The van der Waals surface area contributed by atoms with Crippen molar-refractivity contribution in [2.45, 2.75) is 32.4 Å². The first-order chi connectivity index (χ1) is 12.1. The van der Waals surface area contributed by atoms with E-state index in [2.05, 4.69) is 5.32 Å². The fourth-order valence-corrected chi connectivity index (χ4v) is 3.33. The second kappa shape index (κ2) is 7.70. The van der Waals surface area contributed by atoms with Crippen LogP contribution in [0.2, 0.25) is 5.02 Å². The maximum absolute atomic E-state index is 12.9. The van der Waals surface area contributed by atoms with Crippen LogP contribution in [0.25, 0.3) is 0 Å². The minimum Gasteiger partial charge on any atom is -0.350 e. The highest BCUT2D eigenvalue weighted by atomic mass is 35.5. The van der Waals surface area contributed by atoms with E-state index in [1.54, 1.807) is 17.0 Å². The highest BCUT2D eigenvalue weighted by Crippen LogP contribution is 2.30. The molecule has 1 unspecified atom stereocenters. The molecule has 1 N–H and O–H groups in total. The Bertz CT molecular complexity index is 774. The zero-order valence-corrected chi connectivity index (χ0v) is 14.9. The minimum absolute atomic E-state index is 0.00666. The molecule has 2 aromatic carbocycles. The van der Waals surface area contributed by atoms with Gasteiger partial charge in [0.05, 0.1) is 6.42 Å². The van der Waals surface area contributed by atoms with Crippen LogP contribution in [0.4, 0.5) is 0 Å². The summed E-state index contributed by atoms with van der Waals surface area (Å²) in [7, 11) is 0. The molecule has 0 bridgehead atoms. The molecular formula is C20H21ClN2O2. The molecule has 1 aliphatic rings. The van der Waals surface area contributed by atoms with Gasteiger partial charge in [0.25, 0.3) is 0 Å². The summed E-state index contributed by atoms with van der Waals surface area (Å²) in [6.07, 6.45) is 1.17. The summed E-state index contributed by atoms with van der Waals surface area (Å²) in [6.45, 7) is 2.99. The number of fused-ring (bicyclic) bond motifs is 1. The number of carbonyl (C=O) groups excluding carboxylic acids is 2. The molecule has 4 nitrogen and oxygen atoms in total. The number of halogens is 1. The summed E-state index contributed by atoms with van der Waals surface area (Å²) in [5.41, 5.74) is 2.82. The first-order valence-electron chi connectivity index (χ1n) is 8.49. The lowest BCUT2D eigenvalue weighted by Gasteiger charge is -2.36. The van der Waals surface area contributed by atoms with Crippen LogP contribution >= 0.6 is 11.6 Å². The molecule has 1 aliphatic heterocycles. The number of hydrogen-bond acceptors (Lipinski definition) is 2. The van der Waals surface area contributed by atoms with Crippen molar-refractivity contribution in [3.63, 3.8) is 0 Å². The van der Waals surface area contributed by atoms with Gasteiger partial charge >= 0.3 is 0 Å². The van der Waals surface area contributed by atoms with Crippen molar-refractivity contribution < 1.29 is 9.59 Å². The number of amides is 2. The van der Waals surface area contributed by atoms with Gasteiger partial charge in [-0.1, -0.05) is 54.9 Å². The molecule has 1 heterocycles. The van der Waals surface area contributed by atoms with Gasteiger partial charge in [0.2, 0.25) is 11.8 Å². The van der Waals surface area contributed by atoms with E-state index >= 15 is 0 Å². The normalized spacial score (nSPS) is 16.5. The van der Waals surface area contributed by atoms with Gasteiger partial charge in [-0.05, 0) is 35.2 Å². The number of nitrogens with one attached hydrogen (secondary N) is 1. The highest BCUT2D eigenvalue weighted by molar-refractivity contribution is 6.30. The van der Waals surface area contributed by atoms with Crippen molar-refractivity contribution in [2.75, 3.05) is 6.54 Å². The van der Waals surface area contributed by atoms with Crippen molar-refractivity contribution >= 4 is 23.4 Å². The zero-order valence-electron chi connectivity index (χ0n) is 14.2. The molecule has 0 radical (unpaired) electrons. The molecule has 2 amide bonds. The third-order valence-corrected chi connectivity index (χ3v) is 4.67. The molecule has 130 valence electrons. The molecule has 0 fully saturated rings. The Morgan fingerprint density at radius 2 is 1.92 bits per heavy atom. The molecule has 25 heavy (non-hydrogen) atoms. The Morgan fingerprint density at radius 3 is 2.64 bits per heavy atom. The first kappa shape index (κ1) is 17.5. The topological polar surface area (TPSA) is 49.4 Å². The maximum atomic E-state index is 12.9. The zero-order chi connectivity index (χ0) is 17.8. The van der Waals surface area contributed by atoms with E-state index < -0.39 is 6.04 Å². The summed E-state index contributed by atoms with van der Waals surface area (Å²) in [5, 5.41) is 3.63. The Hall–Kier alpha value is -2.33. The molecule has 5 heteroatoms. The molecular weight excluding hydrogens is 336 g/mol. The molecule has 0 aliphatic carbocycles. The molecule has 0 spiro atoms. The van der Waals surface area contributed by atoms with Crippen molar-refractivity contribution in [3.05, 3.63) is 70.2 Å². The van der Waals surface area contributed by atoms with Crippen LogP contribution in [0, 0.1) is 0 Å². The number of carbonyl (C=O) groups is 2. The number of hydrogen-bond donors (Lipinski definition) is 1. The predicted octanol–water partition coefficient (Wildman–Crippen LogP) is 3.49. The van der Waals surface area contributed by atoms with E-state index in [1.807, 2.05) is 43.3 Å². The lowest BCUT2D eigenvalue weighted by molar-refractivity contribution is -0.141. The van der Waals surface area contributed by atoms with Crippen LogP contribution in [0.3, 0.4) is 0 Å². The maximum Gasteiger partial charge on any atom is 0.247 e. The molecule has 0 saturated heterocycles. The van der Waals surface area contributed by atoms with Gasteiger partial charge in [0, 0.05) is 18.1 Å². The fourth-order valence-electron chi connectivity index (χ4n) is 3.20. The third kappa shape index (κ3) is 3.85. The van der Waals surface area contributed by atoms with Gasteiger partial charge < -0.3 is 10.2 Å². The summed E-state index contributed by atoms with van der Waals surface area (Å²) in [5.74, 6) is -0.143. The third-order valence-electron chi connectivity index (χ3n) is 4.42. The monoisotopic (exact) mass is 356 g/mol. The largest absolute Gasteiger partial charge is 0.350 e. The van der Waals surface area contributed by atoms with E-state index in [-0.39, 0.29) is 11.8 Å². The summed E-state index contributed by atoms with van der Waals surface area (Å²) < 4.78 is 0. The average Bonchev–Trinajstić information content (AvgIpc) is 2.62. The van der Waals surface area contributed by atoms with Crippen LogP contribution in [0.5, 0.6) is 0 Å². The number of nitrogens with zero attached hydrogens (tertiary/aromatic N) is 1. The van der Waals surface area contributed by atoms with Crippen molar-refractivity contribution in [1.29, 1.82) is 0 Å². The van der Waals surface area contributed by atoms with Crippen LogP contribution in [0.1, 0.15) is 36.1 Å². The van der Waals surface area contributed by atoms with E-state index in [1.165, 1.54) is 0 Å². The van der Waals surface area contributed by atoms with Crippen LogP contribution in [-0.4, -0.2) is 23.3 Å². The summed E-state index contributed by atoms with van der Waals surface area (Å²) >= 11 is 5.89. The molecule has 0 saturated carbocycles. The Kier molecular flexibility index (Phi) is 5.39. The first-order valence-corrected chi connectivity index (χ1v) is 8.87. The average molecular weight is 357 g/mol. The standard InChI is InChI=1S/C20H21ClN2O2/c1-2-11-23-18(24)12-15-5-3-4-6-17(15)19(23)20(25)22-13-14-7-9-16(21)10-8-14/h3-10,19H,2,11-13H2,1H3,(H,22,25). The second-order valence-corrected chi connectivity index (χ2v) is 6.65. The van der Waals surface area contributed by atoms with Gasteiger partial charge in [0.15, 0.2) is 0 Å². The Labute approximate surface area is 152 Å². The molecule has 3 rings (SSSR count). The van der Waals surface area contributed by atoms with Crippen molar-refractivity contribution in [2.24, 2.45) is 0 Å². The van der Waals surface area contributed by atoms with Crippen molar-refractivity contribution in [3.8, 4) is 0 Å². The van der Waals surface area contributed by atoms with E-state index in [4.69, 9.17) is 11.6 Å². The Morgan fingerprint density at radius 1 is 1.20 bits per heavy atom. The second-order valence-electron chi connectivity index (χ2n) is 6.21. The fraction of sp³-hybridized carbons (Fsp3) is 0.300. The van der Waals surface area contributed by atoms with E-state index in [0.29, 0.717) is 24.5 Å². The van der Waals surface area contributed by atoms with Crippen LogP contribution in [-0.2, 0) is 22.6 Å². The van der Waals surface area contributed by atoms with Gasteiger partial charge in [-0.2, -0.15) is 0 Å². The summed E-state index contributed by atoms with van der Waals surface area (Å²) in [4.78, 5) is 27.1. The Balaban J connectivity index is 1.82. The van der Waals surface area contributed by atoms with Crippen LogP contribution < -0.4 is 5.32 Å². The van der Waals surface area contributed by atoms with Crippen LogP contribution in [0.15, 0.2) is 48.5 Å². The highest BCUT2D eigenvalue weighted by Gasteiger charge is 2.36. The summed E-state index contributed by atoms with van der Waals surface area (Å²) in [6, 6.07) is 14.5. The number of benzene rings is 2. The molecule has 2 aromatic rings. The molecule has 0 aromatic heterocycles. The van der Waals surface area contributed by atoms with E-state index in [9.17, 15) is 9.59 Å². The molecule has 1 atom stereocenters.